The van der Waals surface area contributed by atoms with E-state index in [0.717, 1.165) is 40.7 Å². The van der Waals surface area contributed by atoms with E-state index in [4.69, 9.17) is 24.9 Å². The Morgan fingerprint density at radius 3 is 2.62 bits per heavy atom. The summed E-state index contributed by atoms with van der Waals surface area (Å²) >= 11 is 1.26. The lowest BCUT2D eigenvalue weighted by atomic mass is 9.91. The zero-order chi connectivity index (χ0) is 23.8. The highest BCUT2D eigenvalue weighted by molar-refractivity contribution is 7.21. The molecule has 1 aliphatic heterocycles. The van der Waals surface area contributed by atoms with Crippen molar-refractivity contribution in [1.29, 1.82) is 0 Å². The molecule has 0 fully saturated rings. The fourth-order valence-electron chi connectivity index (χ4n) is 4.36. The van der Waals surface area contributed by atoms with Crippen LogP contribution >= 0.6 is 11.3 Å². The summed E-state index contributed by atoms with van der Waals surface area (Å²) in [7, 11) is 5.36. The van der Waals surface area contributed by atoms with Crippen LogP contribution in [0.1, 0.15) is 20.9 Å². The minimum atomic E-state index is -0.495. The number of esters is 1. The summed E-state index contributed by atoms with van der Waals surface area (Å²) in [6.07, 6.45) is 0.808. The van der Waals surface area contributed by atoms with Gasteiger partial charge in [0.15, 0.2) is 0 Å². The molecular weight excluding hydrogens is 450 g/mol. The number of hydrogen-bond donors (Lipinski definition) is 1. The molecule has 2 N–H and O–H groups in total. The summed E-state index contributed by atoms with van der Waals surface area (Å²) in [6.45, 7) is 1.62. The average molecular weight is 476 g/mol. The Kier molecular flexibility index (Phi) is 5.85. The third kappa shape index (κ3) is 3.85. The average Bonchev–Trinajstić information content (AvgIpc) is 3.19. The molecule has 7 nitrogen and oxygen atoms in total. The van der Waals surface area contributed by atoms with Gasteiger partial charge >= 0.3 is 5.97 Å². The maximum atomic E-state index is 13.1. The van der Waals surface area contributed by atoms with Crippen LogP contribution < -0.4 is 19.9 Å². The lowest BCUT2D eigenvalue weighted by Crippen LogP contribution is -2.28. The number of methoxy groups -OCH3 is 2. The summed E-state index contributed by atoms with van der Waals surface area (Å²) in [5.41, 5.74) is 10.9. The number of benzene rings is 2. The molecular formula is C26H25N3O4S. The minimum absolute atomic E-state index is 0.338. The van der Waals surface area contributed by atoms with Crippen LogP contribution in [0.4, 0.5) is 5.69 Å². The van der Waals surface area contributed by atoms with Gasteiger partial charge in [-0.25, -0.2) is 9.78 Å². The van der Waals surface area contributed by atoms with Gasteiger partial charge in [-0.2, -0.15) is 0 Å². The maximum absolute atomic E-state index is 13.1. The molecule has 2 aromatic carbocycles. The molecule has 0 unspecified atom stereocenters. The van der Waals surface area contributed by atoms with Gasteiger partial charge in [-0.15, -0.1) is 11.3 Å². The highest BCUT2D eigenvalue weighted by atomic mass is 32.1. The molecule has 0 atom stereocenters. The first kappa shape index (κ1) is 22.2. The van der Waals surface area contributed by atoms with Crippen molar-refractivity contribution in [1.82, 2.24) is 9.88 Å². The van der Waals surface area contributed by atoms with Gasteiger partial charge in [0.2, 0.25) is 0 Å². The van der Waals surface area contributed by atoms with E-state index in [1.54, 1.807) is 26.4 Å². The molecule has 2 aromatic heterocycles. The quantitative estimate of drug-likeness (QED) is 0.329. The smallest absolute Gasteiger partial charge is 0.355 e. The molecule has 4 aromatic rings. The van der Waals surface area contributed by atoms with Crippen LogP contribution in [0.15, 0.2) is 48.5 Å². The predicted molar refractivity (Wildman–Crippen MR) is 134 cm³/mol. The summed E-state index contributed by atoms with van der Waals surface area (Å²) in [4.78, 5) is 21.3. The van der Waals surface area contributed by atoms with Crippen LogP contribution in [0.2, 0.25) is 0 Å². The number of likely N-dealkylation sites (N-methyl/N-ethyl adjacent to an activating group) is 1. The van der Waals surface area contributed by atoms with Crippen LogP contribution in [-0.4, -0.2) is 43.7 Å². The van der Waals surface area contributed by atoms with Gasteiger partial charge in [0, 0.05) is 41.7 Å². The fourth-order valence-corrected chi connectivity index (χ4v) is 5.36. The van der Waals surface area contributed by atoms with Crippen molar-refractivity contribution >= 4 is 33.2 Å². The van der Waals surface area contributed by atoms with Crippen LogP contribution in [0.5, 0.6) is 17.2 Å². The van der Waals surface area contributed by atoms with Crippen LogP contribution in [0.3, 0.4) is 0 Å². The van der Waals surface area contributed by atoms with Crippen LogP contribution in [0, 0.1) is 0 Å². The normalized spacial score (nSPS) is 13.5. The van der Waals surface area contributed by atoms with Gasteiger partial charge in [-0.1, -0.05) is 18.2 Å². The number of thiophene rings is 1. The summed E-state index contributed by atoms with van der Waals surface area (Å²) < 4.78 is 16.8. The summed E-state index contributed by atoms with van der Waals surface area (Å²) in [5, 5.41) is 0.741. The van der Waals surface area contributed by atoms with Gasteiger partial charge in [0.1, 0.15) is 27.0 Å². The Bertz CT molecular complexity index is 1380. The van der Waals surface area contributed by atoms with E-state index < -0.39 is 5.97 Å². The zero-order valence-electron chi connectivity index (χ0n) is 19.3. The number of fused-ring (bicyclic) bond motifs is 2. The number of para-hydroxylation sites is 1. The van der Waals surface area contributed by atoms with Gasteiger partial charge < -0.3 is 24.8 Å². The number of hydrogen-bond acceptors (Lipinski definition) is 8. The number of aromatic nitrogens is 1. The van der Waals surface area contributed by atoms with Crippen molar-refractivity contribution in [2.45, 2.75) is 13.0 Å². The summed E-state index contributed by atoms with van der Waals surface area (Å²) in [5.74, 6) is 1.37. The van der Waals surface area contributed by atoms with Gasteiger partial charge in [-0.05, 0) is 42.9 Å². The Hall–Kier alpha value is -3.62. The molecule has 0 amide bonds. The molecule has 0 aliphatic carbocycles. The third-order valence-electron chi connectivity index (χ3n) is 6.04. The Balaban J connectivity index is 1.75. The SMILES string of the molecule is COc1ccc(OC)c(-c2c3c(nc4sc(C(=O)Oc5ccccc5)c(N)c24)CCN(C)C3)c1. The van der Waals surface area contributed by atoms with E-state index in [9.17, 15) is 4.79 Å². The van der Waals surface area contributed by atoms with E-state index in [0.29, 0.717) is 39.2 Å². The van der Waals surface area contributed by atoms with Crippen molar-refractivity contribution in [2.75, 3.05) is 33.5 Å². The maximum Gasteiger partial charge on any atom is 0.355 e. The van der Waals surface area contributed by atoms with E-state index in [-0.39, 0.29) is 0 Å². The van der Waals surface area contributed by atoms with E-state index in [1.165, 1.54) is 11.3 Å². The molecule has 174 valence electrons. The highest BCUT2D eigenvalue weighted by Gasteiger charge is 2.29. The number of ether oxygens (including phenoxy) is 3. The van der Waals surface area contributed by atoms with Crippen molar-refractivity contribution in [3.8, 4) is 28.4 Å². The first-order valence-electron chi connectivity index (χ1n) is 10.9. The van der Waals surface area contributed by atoms with Gasteiger partial charge in [0.05, 0.1) is 19.9 Å². The molecule has 0 spiro atoms. The Labute approximate surface area is 201 Å². The second-order valence-corrected chi connectivity index (χ2v) is 9.19. The van der Waals surface area contributed by atoms with Crippen molar-refractivity contribution < 1.29 is 19.0 Å². The van der Waals surface area contributed by atoms with Crippen LogP contribution in [0.25, 0.3) is 21.3 Å². The van der Waals surface area contributed by atoms with E-state index in [2.05, 4.69) is 11.9 Å². The monoisotopic (exact) mass is 475 g/mol. The number of pyridine rings is 1. The second kappa shape index (κ2) is 8.96. The largest absolute Gasteiger partial charge is 0.497 e. The second-order valence-electron chi connectivity index (χ2n) is 8.19. The number of anilines is 1. The van der Waals surface area contributed by atoms with Crippen molar-refractivity contribution in [2.24, 2.45) is 0 Å². The molecule has 0 radical (unpaired) electrons. The Morgan fingerprint density at radius 1 is 1.09 bits per heavy atom. The zero-order valence-corrected chi connectivity index (χ0v) is 20.1. The van der Waals surface area contributed by atoms with Gasteiger partial charge in [-0.3, -0.25) is 0 Å². The predicted octanol–water partition coefficient (Wildman–Crippen LogP) is 4.77. The van der Waals surface area contributed by atoms with Gasteiger partial charge in [0.25, 0.3) is 0 Å². The number of nitrogen functional groups attached to an aromatic ring is 1. The minimum Gasteiger partial charge on any atom is -0.497 e. The molecule has 0 bridgehead atoms. The lowest BCUT2D eigenvalue weighted by molar-refractivity contribution is 0.0741. The number of nitrogens with zero attached hydrogens (tertiary/aromatic N) is 2. The topological polar surface area (TPSA) is 86.9 Å². The number of carbonyl (C=O) groups excluding carboxylic acids is 1. The number of carbonyl (C=O) groups is 1. The molecule has 5 rings (SSSR count). The van der Waals surface area contributed by atoms with Crippen molar-refractivity contribution in [3.05, 3.63) is 64.7 Å². The van der Waals surface area contributed by atoms with E-state index in [1.807, 2.05) is 36.4 Å². The molecule has 0 saturated carbocycles. The third-order valence-corrected chi connectivity index (χ3v) is 7.12. The first-order chi connectivity index (χ1) is 16.5. The Morgan fingerprint density at radius 2 is 1.88 bits per heavy atom. The molecule has 34 heavy (non-hydrogen) atoms. The van der Waals surface area contributed by atoms with Crippen molar-refractivity contribution in [3.63, 3.8) is 0 Å². The number of rotatable bonds is 5. The van der Waals surface area contributed by atoms with E-state index >= 15 is 0 Å². The molecule has 8 heteroatoms. The molecule has 3 heterocycles. The highest BCUT2D eigenvalue weighted by Crippen LogP contribution is 2.46. The summed E-state index contributed by atoms with van der Waals surface area (Å²) in [6, 6.07) is 14.7. The molecule has 0 saturated heterocycles. The fraction of sp³-hybridized carbons (Fsp3) is 0.231. The number of nitrogens with two attached hydrogens (primary N) is 1. The standard InChI is InChI=1S/C26H25N3O4S/c1-29-12-11-19-18(14-29)21(17-13-16(31-2)9-10-20(17)32-3)22-23(27)24(34-25(22)28-19)26(30)33-15-7-5-4-6-8-15/h4-10,13H,11-12,14,27H2,1-3H3. The lowest BCUT2D eigenvalue weighted by Gasteiger charge is -2.27. The van der Waals surface area contributed by atoms with Crippen LogP contribution in [-0.2, 0) is 13.0 Å². The molecule has 1 aliphatic rings. The first-order valence-corrected chi connectivity index (χ1v) is 11.7.